The van der Waals surface area contributed by atoms with Crippen molar-refractivity contribution in [1.82, 2.24) is 40.0 Å². The second-order valence-corrected chi connectivity index (χ2v) is 20.8. The largest absolute Gasteiger partial charge is 0.488 e. The van der Waals surface area contributed by atoms with E-state index in [-0.39, 0.29) is 56.8 Å². The number of hydrogen-bond acceptors (Lipinski definition) is 16. The Hall–Kier alpha value is -6.96. The molecule has 7 aromatic rings. The molecule has 8 heterocycles. The molecule has 81 heavy (non-hydrogen) atoms. The summed E-state index contributed by atoms with van der Waals surface area (Å²) in [4.78, 5) is 27.7. The molecule has 0 fully saturated rings. The van der Waals surface area contributed by atoms with Gasteiger partial charge in [0.25, 0.3) is 0 Å². The molecule has 4 aromatic heterocycles. The number of H-pyrrole nitrogens is 2. The summed E-state index contributed by atoms with van der Waals surface area (Å²) >= 11 is 0. The zero-order chi connectivity index (χ0) is 57.1. The molecule has 4 aliphatic heterocycles. The topological polar surface area (TPSA) is 298 Å². The fourth-order valence-corrected chi connectivity index (χ4v) is 8.53. The molecule has 11 rings (SSSR count). The smallest absolute Gasteiger partial charge is 0.443 e. The van der Waals surface area contributed by atoms with Crippen molar-refractivity contribution in [3.05, 3.63) is 137 Å². The summed E-state index contributed by atoms with van der Waals surface area (Å²) in [6, 6.07) is 21.8. The second kappa shape index (κ2) is 31.9. The van der Waals surface area contributed by atoms with Gasteiger partial charge in [-0.2, -0.15) is 20.4 Å². The Labute approximate surface area is 485 Å². The average Bonchev–Trinajstić information content (AvgIpc) is 4.32. The summed E-state index contributed by atoms with van der Waals surface area (Å²) in [7, 11) is -0.428. The minimum absolute atomic E-state index is 0. The zero-order valence-electron chi connectivity index (χ0n) is 47.1. The van der Waals surface area contributed by atoms with E-state index in [1.165, 1.54) is 17.8 Å². The van der Waals surface area contributed by atoms with Gasteiger partial charge in [-0.1, -0.05) is 48.5 Å². The number of rotatable bonds is 6. The van der Waals surface area contributed by atoms with Crippen LogP contribution in [0, 0.1) is 0 Å². The first-order chi connectivity index (χ1) is 37.9. The molecular formula is C56H79BCl2N12O10. The lowest BCUT2D eigenvalue weighted by molar-refractivity contribution is 0.0567. The number of carbonyl (C=O) groups is 2. The minimum Gasteiger partial charge on any atom is -0.443 e. The highest BCUT2D eigenvalue weighted by Crippen LogP contribution is 2.30. The third-order valence-corrected chi connectivity index (χ3v) is 12.4. The number of hydrogen-bond donors (Lipinski definition) is 10. The van der Waals surface area contributed by atoms with Gasteiger partial charge in [-0.25, -0.2) is 19.0 Å². The number of aromatic amines is 2. The lowest BCUT2D eigenvalue weighted by Gasteiger charge is -2.29. The van der Waals surface area contributed by atoms with Crippen LogP contribution in [-0.4, -0.2) is 134 Å². The molecule has 0 unspecified atom stereocenters. The van der Waals surface area contributed by atoms with Gasteiger partial charge in [0.2, 0.25) is 0 Å². The molecule has 0 saturated heterocycles. The summed E-state index contributed by atoms with van der Waals surface area (Å²) in [5, 5.41) is 80.6. The van der Waals surface area contributed by atoms with Gasteiger partial charge in [0, 0.05) is 33.3 Å². The molecule has 0 radical (unpaired) electrons. The van der Waals surface area contributed by atoms with Crippen molar-refractivity contribution in [3.63, 3.8) is 0 Å². The van der Waals surface area contributed by atoms with Crippen LogP contribution in [0.4, 0.5) is 32.3 Å². The highest BCUT2D eigenvalue weighted by molar-refractivity contribution is 6.58. The number of halogens is 2. The number of anilines is 4. The maximum atomic E-state index is 12.4. The summed E-state index contributed by atoms with van der Waals surface area (Å²) in [5.74, 6) is 0. The fraction of sp³-hybridized carbons (Fsp3) is 0.429. The molecule has 440 valence electrons. The molecule has 10 N–H and O–H groups in total. The van der Waals surface area contributed by atoms with Crippen LogP contribution >= 0.6 is 24.8 Å². The normalized spacial score (nSPS) is 13.6. The zero-order valence-corrected chi connectivity index (χ0v) is 48.8. The number of nitrogens with zero attached hydrogens (tertiary/aromatic N) is 8. The average molecular weight is 1160 g/mol. The van der Waals surface area contributed by atoms with E-state index >= 15 is 0 Å². The number of aryl methyl sites for hydroxylation is 4. The number of nitrogens with one attached hydrogen (secondary N) is 4. The second-order valence-electron chi connectivity index (χ2n) is 20.8. The highest BCUT2D eigenvalue weighted by Gasteiger charge is 2.30. The van der Waals surface area contributed by atoms with Crippen molar-refractivity contribution in [2.75, 3.05) is 53.7 Å². The van der Waals surface area contributed by atoms with E-state index in [9.17, 15) is 9.59 Å². The maximum absolute atomic E-state index is 12.4. The van der Waals surface area contributed by atoms with E-state index in [0.29, 0.717) is 18.6 Å². The Morgan fingerprint density at radius 3 is 1.49 bits per heavy atom. The number of fused-ring (bicyclic) bond motifs is 4. The van der Waals surface area contributed by atoms with Gasteiger partial charge in [-0.15, -0.1) is 24.8 Å². The van der Waals surface area contributed by atoms with Gasteiger partial charge in [0.15, 0.2) is 0 Å². The predicted octanol–water partition coefficient (Wildman–Crippen LogP) is 6.95. The van der Waals surface area contributed by atoms with Crippen LogP contribution in [0.1, 0.15) is 107 Å². The summed E-state index contributed by atoms with van der Waals surface area (Å²) < 4.78 is 14.5. The third-order valence-electron chi connectivity index (χ3n) is 12.4. The van der Waals surface area contributed by atoms with E-state index in [2.05, 4.69) is 41.2 Å². The Morgan fingerprint density at radius 2 is 0.988 bits per heavy atom. The SMILES string of the molecule is CC(C)(C)OC(=O)N1CCCc2[nH]ncc21.CC(C)(C)OC(=O)N1CCCc2nn(-c3ccc(CO)cc3)cc21.CO.Cl.Cl.OCc1ccc(-n2cc3c(n2)CCCN3)cc1.OCc1ccc(B(O)O)cc1.c1n[nH]c2c1NCCC2. The van der Waals surface area contributed by atoms with Crippen LogP contribution in [0.5, 0.6) is 0 Å². The number of carbonyl (C=O) groups excluding carboxylic acids is 2. The Bertz CT molecular complexity index is 2930. The molecule has 25 heteroatoms. The van der Waals surface area contributed by atoms with E-state index in [0.717, 1.165) is 127 Å². The molecule has 2 amide bonds. The number of amides is 2. The number of benzene rings is 3. The first kappa shape index (κ1) is 66.6. The van der Waals surface area contributed by atoms with Crippen molar-refractivity contribution in [2.45, 2.75) is 124 Å². The first-order valence-electron chi connectivity index (χ1n) is 26.5. The molecule has 22 nitrogen and oxygen atoms in total. The molecule has 0 atom stereocenters. The standard InChI is InChI=1S/C18H23N3O3.C13H15N3O.C11H17N3O2.C7H9BO3.C6H9N3.CH4O.2ClH/c1-18(2,3)24-17(23)20-10-4-5-15-16(20)11-21(19-15)14-8-6-13(12-22)7-9-14;17-9-10-3-5-11(6-4-10)16-8-13-12(15-16)2-1-7-14-13;1-11(2,3)16-10(15)14-6-4-5-8-9(14)7-12-13-8;9-5-6-1-3-7(4-2-6)8(10)11;1-2-5-6(7-3-1)4-8-9-5;1-2;;/h6-9,11,22H,4-5,10,12H2,1-3H3;3-6,8,14,17H,1-2,7,9H2;7H,4-6H2,1-3H3,(H,12,13);1-4,9-11H,5H2;4,7H,1-3H2,(H,8,9);2H,1H3;2*1H. The van der Waals surface area contributed by atoms with Crippen LogP contribution in [-0.2, 0) is 55.0 Å². The van der Waals surface area contributed by atoms with Crippen LogP contribution in [0.25, 0.3) is 11.4 Å². The quantitative estimate of drug-likeness (QED) is 0.0754. The van der Waals surface area contributed by atoms with E-state index in [4.69, 9.17) is 39.9 Å². The van der Waals surface area contributed by atoms with Gasteiger partial charge in [0.1, 0.15) is 11.2 Å². The fourth-order valence-electron chi connectivity index (χ4n) is 8.53. The number of ether oxygens (including phenoxy) is 2. The monoisotopic (exact) mass is 1160 g/mol. The van der Waals surface area contributed by atoms with E-state index in [1.54, 1.807) is 44.9 Å². The van der Waals surface area contributed by atoms with Crippen molar-refractivity contribution in [1.29, 1.82) is 0 Å². The Morgan fingerprint density at radius 1 is 0.556 bits per heavy atom. The van der Waals surface area contributed by atoms with Gasteiger partial charge < -0.3 is 50.6 Å². The molecule has 0 aliphatic carbocycles. The molecule has 0 spiro atoms. The van der Waals surface area contributed by atoms with E-state index in [1.807, 2.05) is 113 Å². The highest BCUT2D eigenvalue weighted by atomic mass is 35.5. The van der Waals surface area contributed by atoms with Crippen LogP contribution < -0.4 is 25.9 Å². The van der Waals surface area contributed by atoms with E-state index < -0.39 is 18.3 Å². The number of aliphatic hydroxyl groups is 4. The maximum Gasteiger partial charge on any atom is 0.488 e. The molecule has 0 bridgehead atoms. The van der Waals surface area contributed by atoms with Crippen molar-refractivity contribution < 1.29 is 49.5 Å². The minimum atomic E-state index is -1.43. The van der Waals surface area contributed by atoms with Crippen LogP contribution in [0.3, 0.4) is 0 Å². The van der Waals surface area contributed by atoms with Gasteiger partial charge in [-0.05, 0) is 139 Å². The molecule has 4 aliphatic rings. The summed E-state index contributed by atoms with van der Waals surface area (Å²) in [6.45, 7) is 14.7. The number of aliphatic hydroxyl groups excluding tert-OH is 4. The van der Waals surface area contributed by atoms with Crippen molar-refractivity contribution >= 4 is 72.3 Å². The molecule has 0 saturated carbocycles. The Balaban J connectivity index is 0.000000222. The third kappa shape index (κ3) is 19.6. The lowest BCUT2D eigenvalue weighted by atomic mass is 9.80. The summed E-state index contributed by atoms with van der Waals surface area (Å²) in [6.07, 6.45) is 14.9. The molecular weight excluding hydrogens is 1080 g/mol. The predicted molar refractivity (Wildman–Crippen MR) is 318 cm³/mol. The van der Waals surface area contributed by atoms with Crippen LogP contribution in [0.15, 0.2) is 97.6 Å². The number of aromatic nitrogens is 8. The van der Waals surface area contributed by atoms with Gasteiger partial charge in [0.05, 0.1) is 102 Å². The lowest BCUT2D eigenvalue weighted by Crippen LogP contribution is -2.39. The van der Waals surface area contributed by atoms with Crippen molar-refractivity contribution in [2.24, 2.45) is 0 Å². The Kier molecular flexibility index (Phi) is 26.2. The van der Waals surface area contributed by atoms with Crippen LogP contribution in [0.2, 0.25) is 0 Å². The van der Waals surface area contributed by atoms with Crippen molar-refractivity contribution in [3.8, 4) is 11.4 Å². The first-order valence-corrected chi connectivity index (χ1v) is 26.5. The van der Waals surface area contributed by atoms with Gasteiger partial charge in [-0.3, -0.25) is 20.0 Å². The molecule has 3 aromatic carbocycles. The summed E-state index contributed by atoms with van der Waals surface area (Å²) in [5.41, 5.74) is 12.2. The van der Waals surface area contributed by atoms with Gasteiger partial charge >= 0.3 is 19.3 Å².